The average molecular weight is 707 g/mol. The van der Waals surface area contributed by atoms with Crippen molar-refractivity contribution in [2.45, 2.75) is 42.5 Å². The molecule has 1 saturated heterocycles. The van der Waals surface area contributed by atoms with Gasteiger partial charge < -0.3 is 31.2 Å². The molecule has 3 aromatic rings. The minimum atomic E-state index is -1.59. The zero-order valence-electron chi connectivity index (χ0n) is 24.4. The third-order valence-electron chi connectivity index (χ3n) is 6.84. The minimum absolute atomic E-state index is 0.00781. The van der Waals surface area contributed by atoms with E-state index in [0.717, 1.165) is 34.2 Å². The van der Waals surface area contributed by atoms with E-state index in [2.05, 4.69) is 25.5 Å². The van der Waals surface area contributed by atoms with Gasteiger partial charge in [0.1, 0.15) is 33.4 Å². The summed E-state index contributed by atoms with van der Waals surface area (Å²) < 4.78 is 1.27. The van der Waals surface area contributed by atoms with Crippen molar-refractivity contribution in [3.8, 4) is 0 Å². The van der Waals surface area contributed by atoms with Crippen LogP contribution in [0.4, 0.5) is 5.13 Å². The van der Waals surface area contributed by atoms with Gasteiger partial charge in [0.05, 0.1) is 18.5 Å². The standard InChI is InChI=1S/C25H26N10O9S3/c1-25(2,23(43)32-27)44-33-14(12-8-47-24(26)30-12)18(37)31-15-19(38)34-16(22(41)42)9(7-46-20(15)34)6-45-13-3-10(5-36)29-17-11(21(39)40)4-28-35(13)17/h3-4,8,15,20,36H,5-7,27H2,1-2H3,(H2,26,30)(H,31,37)(H,32,43)(H,39,40)(H,41,42)/b33-14-/t15?,20-/m1/s1. The number of aliphatic hydroxyl groups is 1. The second kappa shape index (κ2) is 13.2. The Bertz CT molecular complexity index is 1870. The lowest BCUT2D eigenvalue weighted by atomic mass is 10.0. The molecule has 0 radical (unpaired) electrons. The summed E-state index contributed by atoms with van der Waals surface area (Å²) in [7, 11) is 0. The number of aliphatic hydroxyl groups excluding tert-OH is 1. The Hall–Kier alpha value is -4.77. The number of fused-ring (bicyclic) bond motifs is 2. The van der Waals surface area contributed by atoms with E-state index in [1.807, 2.05) is 5.43 Å². The molecule has 47 heavy (non-hydrogen) atoms. The van der Waals surface area contributed by atoms with Crippen molar-refractivity contribution >= 4 is 81.0 Å². The number of aromatic carboxylic acids is 1. The number of thiazole rings is 1. The Balaban J connectivity index is 1.36. The first-order chi connectivity index (χ1) is 22.3. The van der Waals surface area contributed by atoms with E-state index >= 15 is 0 Å². The second-order valence-corrected chi connectivity index (χ2v) is 13.3. The van der Waals surface area contributed by atoms with E-state index in [0.29, 0.717) is 10.6 Å². The molecule has 248 valence electrons. The number of oxime groups is 1. The molecule has 5 rings (SSSR count). The lowest BCUT2D eigenvalue weighted by Crippen LogP contribution is -2.71. The fourth-order valence-corrected chi connectivity index (χ4v) is 7.52. The number of amides is 3. The highest BCUT2D eigenvalue weighted by Gasteiger charge is 2.54. The summed E-state index contributed by atoms with van der Waals surface area (Å²) in [4.78, 5) is 77.2. The highest BCUT2D eigenvalue weighted by atomic mass is 32.2. The third-order valence-corrected chi connectivity index (χ3v) is 9.93. The van der Waals surface area contributed by atoms with Crippen LogP contribution in [0.1, 0.15) is 35.6 Å². The molecule has 0 aromatic carbocycles. The summed E-state index contributed by atoms with van der Waals surface area (Å²) in [5, 5.41) is 40.8. The Morgan fingerprint density at radius 1 is 1.23 bits per heavy atom. The number of nitrogens with two attached hydrogens (primary N) is 2. The van der Waals surface area contributed by atoms with Crippen LogP contribution in [0.5, 0.6) is 0 Å². The van der Waals surface area contributed by atoms with Crippen molar-refractivity contribution in [1.82, 2.24) is 35.2 Å². The Labute approximate surface area is 276 Å². The summed E-state index contributed by atoms with van der Waals surface area (Å²) >= 11 is 3.35. The van der Waals surface area contributed by atoms with Gasteiger partial charge in [0.2, 0.25) is 5.60 Å². The molecule has 0 saturated carbocycles. The van der Waals surface area contributed by atoms with E-state index in [1.54, 1.807) is 0 Å². The maximum atomic E-state index is 13.4. The van der Waals surface area contributed by atoms with E-state index in [-0.39, 0.29) is 50.6 Å². The smallest absolute Gasteiger partial charge is 0.352 e. The number of carboxylic acids is 2. The maximum Gasteiger partial charge on any atom is 0.352 e. The number of nitrogens with one attached hydrogen (secondary N) is 2. The molecule has 0 aliphatic carbocycles. The Morgan fingerprint density at radius 2 is 1.98 bits per heavy atom. The minimum Gasteiger partial charge on any atom is -0.477 e. The summed E-state index contributed by atoms with van der Waals surface area (Å²) in [6.45, 7) is 2.24. The number of hydrogen-bond donors (Lipinski definition) is 7. The van der Waals surface area contributed by atoms with Gasteiger partial charge in [-0.3, -0.25) is 24.7 Å². The highest BCUT2D eigenvalue weighted by Crippen LogP contribution is 2.41. The van der Waals surface area contributed by atoms with Gasteiger partial charge in [-0.1, -0.05) is 5.16 Å². The lowest BCUT2D eigenvalue weighted by molar-refractivity contribution is -0.150. The van der Waals surface area contributed by atoms with Crippen molar-refractivity contribution < 1.29 is 44.1 Å². The maximum absolute atomic E-state index is 13.4. The van der Waals surface area contributed by atoms with Crippen LogP contribution in [0.2, 0.25) is 0 Å². The number of hydrazine groups is 1. The quantitative estimate of drug-likeness (QED) is 0.0226. The lowest BCUT2D eigenvalue weighted by Gasteiger charge is -2.49. The molecular weight excluding hydrogens is 681 g/mol. The summed E-state index contributed by atoms with van der Waals surface area (Å²) in [6.07, 6.45) is 1.12. The molecule has 19 nitrogen and oxygen atoms in total. The van der Waals surface area contributed by atoms with Crippen molar-refractivity contribution in [2.75, 3.05) is 17.2 Å². The summed E-state index contributed by atoms with van der Waals surface area (Å²) in [5.41, 5.74) is 5.84. The fourth-order valence-electron chi connectivity index (χ4n) is 4.46. The van der Waals surface area contributed by atoms with Gasteiger partial charge in [-0.05, 0) is 25.5 Å². The molecule has 3 aromatic heterocycles. The fraction of sp³-hybridized carbons (Fsp3) is 0.320. The summed E-state index contributed by atoms with van der Waals surface area (Å²) in [6, 6.07) is 0.363. The predicted molar refractivity (Wildman–Crippen MR) is 167 cm³/mol. The van der Waals surface area contributed by atoms with E-state index < -0.39 is 53.3 Å². The SMILES string of the molecule is CC(C)(O/N=C(\C(=O)NC1C(=O)N2C(C(=O)O)=C(CSc3cc(CO)nc4c(C(=O)O)cnn34)CS[C@H]12)c1csc(N)n1)C(=O)NN. The number of anilines is 1. The topological polar surface area (TPSA) is 290 Å². The Morgan fingerprint density at radius 3 is 2.60 bits per heavy atom. The molecule has 1 fully saturated rings. The number of nitrogens with zero attached hydrogens (tertiary/aromatic N) is 6. The average Bonchev–Trinajstić information content (AvgIpc) is 3.67. The number of carbonyl (C=O) groups is 5. The van der Waals surface area contributed by atoms with E-state index in [9.17, 15) is 39.3 Å². The predicted octanol–water partition coefficient (Wildman–Crippen LogP) is -1.02. The Kier molecular flexibility index (Phi) is 9.40. The number of thioether (sulfide) groups is 2. The third kappa shape index (κ3) is 6.44. The van der Waals surface area contributed by atoms with Crippen LogP contribution < -0.4 is 22.3 Å². The van der Waals surface area contributed by atoms with Gasteiger partial charge >= 0.3 is 11.9 Å². The van der Waals surface area contributed by atoms with Crippen LogP contribution in [0, 0.1) is 0 Å². The first kappa shape index (κ1) is 33.6. The number of β-lactam (4-membered cyclic amide) rings is 1. The van der Waals surface area contributed by atoms with Crippen LogP contribution in [-0.2, 0) is 30.6 Å². The van der Waals surface area contributed by atoms with E-state index in [1.165, 1.54) is 41.6 Å². The molecule has 1 unspecified atom stereocenters. The van der Waals surface area contributed by atoms with Gasteiger partial charge in [-0.2, -0.15) is 5.10 Å². The van der Waals surface area contributed by atoms with E-state index in [4.69, 9.17) is 16.4 Å². The largest absolute Gasteiger partial charge is 0.477 e. The molecule has 0 bridgehead atoms. The van der Waals surface area contributed by atoms with Crippen molar-refractivity contribution in [2.24, 2.45) is 11.0 Å². The molecule has 2 atom stereocenters. The van der Waals surface area contributed by atoms with Gasteiger partial charge in [0.15, 0.2) is 16.5 Å². The second-order valence-electron chi connectivity index (χ2n) is 10.3. The van der Waals surface area contributed by atoms with Crippen molar-refractivity contribution in [3.63, 3.8) is 0 Å². The normalized spacial score (nSPS) is 18.1. The van der Waals surface area contributed by atoms with Crippen LogP contribution in [0.15, 0.2) is 39.1 Å². The van der Waals surface area contributed by atoms with Crippen LogP contribution in [0.25, 0.3) is 5.65 Å². The number of carbonyl (C=O) groups excluding carboxylic acids is 3. The summed E-state index contributed by atoms with van der Waals surface area (Å²) in [5.74, 6) is 0.492. The highest BCUT2D eigenvalue weighted by molar-refractivity contribution is 8.01. The molecule has 3 amide bonds. The monoisotopic (exact) mass is 706 g/mol. The number of aromatic nitrogens is 4. The van der Waals surface area contributed by atoms with Gasteiger partial charge in [0, 0.05) is 16.9 Å². The molecular formula is C25H26N10O9S3. The molecule has 2 aliphatic rings. The zero-order chi connectivity index (χ0) is 34.2. The van der Waals surface area contributed by atoms with Crippen molar-refractivity contribution in [1.29, 1.82) is 0 Å². The number of hydrogen-bond acceptors (Lipinski definition) is 16. The molecule has 22 heteroatoms. The number of rotatable bonds is 12. The van der Waals surface area contributed by atoms with Crippen LogP contribution in [-0.4, -0.2) is 104 Å². The first-order valence-electron chi connectivity index (χ1n) is 13.3. The van der Waals surface area contributed by atoms with Crippen LogP contribution in [0.3, 0.4) is 0 Å². The first-order valence-corrected chi connectivity index (χ1v) is 16.2. The number of aliphatic carboxylic acids is 1. The zero-order valence-corrected chi connectivity index (χ0v) is 26.8. The van der Waals surface area contributed by atoms with Gasteiger partial charge in [0.25, 0.3) is 17.7 Å². The van der Waals surface area contributed by atoms with Crippen LogP contribution >= 0.6 is 34.9 Å². The van der Waals surface area contributed by atoms with Crippen molar-refractivity contribution in [3.05, 3.63) is 45.9 Å². The molecule has 0 spiro atoms. The van der Waals surface area contributed by atoms with Gasteiger partial charge in [-0.15, -0.1) is 34.9 Å². The molecule has 2 aliphatic heterocycles. The molecule has 9 N–H and O–H groups in total. The number of nitrogen functional groups attached to an aromatic ring is 1. The molecule has 5 heterocycles. The number of carboxylic acid groups (broad SMARTS) is 2. The van der Waals surface area contributed by atoms with Gasteiger partial charge in [-0.25, -0.2) is 29.9 Å².